The fourth-order valence-corrected chi connectivity index (χ4v) is 6.36. The van der Waals surface area contributed by atoms with Gasteiger partial charge in [-0.3, -0.25) is 9.69 Å². The Labute approximate surface area is 92.5 Å². The third-order valence-electron chi connectivity index (χ3n) is 3.37. The van der Waals surface area contributed by atoms with Gasteiger partial charge in [0.2, 0.25) is 0 Å². The average Bonchev–Trinajstić information content (AvgIpc) is 2.65. The number of carbonyl (C=O) groups is 1. The topological polar surface area (TPSA) is 20.3 Å². The number of nitrogens with zero attached hydrogens (tertiary/aromatic N) is 1. The van der Waals surface area contributed by atoms with Crippen molar-refractivity contribution in [2.24, 2.45) is 0 Å². The molecule has 4 heteroatoms. The van der Waals surface area contributed by atoms with E-state index < -0.39 is 0 Å². The van der Waals surface area contributed by atoms with Gasteiger partial charge in [0.15, 0.2) is 5.78 Å². The van der Waals surface area contributed by atoms with E-state index in [4.69, 9.17) is 0 Å². The summed E-state index contributed by atoms with van der Waals surface area (Å²) in [6.07, 6.45) is 5.02. The normalized spacial score (nSPS) is 39.9. The minimum atomic E-state index is 0.134. The van der Waals surface area contributed by atoms with E-state index in [1.165, 1.54) is 11.5 Å². The predicted octanol–water partition coefficient (Wildman–Crippen LogP) is 1.37. The number of thioether (sulfide) groups is 2. The molecular weight excluding hydrogens is 214 g/mol. The number of ketones is 1. The lowest BCUT2D eigenvalue weighted by Crippen LogP contribution is -2.46. The average molecular weight is 227 g/mol. The lowest BCUT2D eigenvalue weighted by atomic mass is 10.1. The summed E-state index contributed by atoms with van der Waals surface area (Å²) in [4.78, 5) is 14.1. The maximum atomic E-state index is 11.9. The molecular formula is C10H13NOS2. The summed E-state index contributed by atoms with van der Waals surface area (Å²) in [5.74, 6) is 2.72. The number of rotatable bonds is 0. The van der Waals surface area contributed by atoms with Crippen LogP contribution in [0.25, 0.3) is 0 Å². The third kappa shape index (κ3) is 1.08. The molecule has 2 fully saturated rings. The van der Waals surface area contributed by atoms with E-state index in [1.54, 1.807) is 6.08 Å². The van der Waals surface area contributed by atoms with Crippen molar-refractivity contribution in [3.8, 4) is 0 Å². The van der Waals surface area contributed by atoms with Gasteiger partial charge in [0.1, 0.15) is 0 Å². The lowest BCUT2D eigenvalue weighted by Gasteiger charge is -2.31. The van der Waals surface area contributed by atoms with Crippen LogP contribution in [0, 0.1) is 0 Å². The van der Waals surface area contributed by atoms with Crippen molar-refractivity contribution in [3.05, 3.63) is 12.2 Å². The van der Waals surface area contributed by atoms with Gasteiger partial charge in [-0.15, -0.1) is 23.5 Å². The zero-order chi connectivity index (χ0) is 9.76. The Morgan fingerprint density at radius 2 is 2.21 bits per heavy atom. The molecule has 2 bridgehead atoms. The maximum Gasteiger partial charge on any atom is 0.174 e. The largest absolute Gasteiger partial charge is 0.293 e. The van der Waals surface area contributed by atoms with Gasteiger partial charge in [-0.2, -0.15) is 0 Å². The van der Waals surface area contributed by atoms with Crippen LogP contribution in [0.5, 0.6) is 0 Å². The lowest BCUT2D eigenvalue weighted by molar-refractivity contribution is -0.119. The fraction of sp³-hybridized carbons (Fsp3) is 0.700. The van der Waals surface area contributed by atoms with Crippen LogP contribution in [0.15, 0.2) is 12.2 Å². The van der Waals surface area contributed by atoms with Crippen LogP contribution >= 0.6 is 23.5 Å². The Balaban J connectivity index is 2.02. The molecule has 0 amide bonds. The van der Waals surface area contributed by atoms with E-state index >= 15 is 0 Å². The molecule has 3 aliphatic heterocycles. The minimum absolute atomic E-state index is 0.134. The molecule has 3 aliphatic rings. The van der Waals surface area contributed by atoms with Crippen molar-refractivity contribution < 1.29 is 4.79 Å². The van der Waals surface area contributed by atoms with Gasteiger partial charge in [0.05, 0.1) is 10.1 Å². The molecule has 0 aromatic heterocycles. The number of fused-ring (bicyclic) bond motifs is 3. The molecule has 0 N–H and O–H groups in total. The van der Waals surface area contributed by atoms with E-state index in [-0.39, 0.29) is 10.1 Å². The smallest absolute Gasteiger partial charge is 0.174 e. The van der Waals surface area contributed by atoms with Crippen molar-refractivity contribution in [2.45, 2.75) is 22.6 Å². The van der Waals surface area contributed by atoms with Crippen molar-refractivity contribution in [1.82, 2.24) is 4.90 Å². The highest BCUT2D eigenvalue weighted by Crippen LogP contribution is 2.56. The zero-order valence-electron chi connectivity index (χ0n) is 8.10. The molecule has 0 saturated carbocycles. The van der Waals surface area contributed by atoms with Crippen LogP contribution < -0.4 is 0 Å². The van der Waals surface area contributed by atoms with Crippen LogP contribution in [-0.4, -0.2) is 45.4 Å². The Morgan fingerprint density at radius 1 is 1.50 bits per heavy atom. The van der Waals surface area contributed by atoms with Crippen molar-refractivity contribution in [3.63, 3.8) is 0 Å². The highest BCUT2D eigenvalue weighted by Gasteiger charge is 2.56. The van der Waals surface area contributed by atoms with E-state index in [1.807, 2.05) is 23.5 Å². The highest BCUT2D eigenvalue weighted by atomic mass is 32.2. The summed E-state index contributed by atoms with van der Waals surface area (Å²) < 4.78 is 0.181. The summed E-state index contributed by atoms with van der Waals surface area (Å²) in [5, 5.41) is 0. The molecule has 2 nitrogen and oxygen atoms in total. The summed E-state index contributed by atoms with van der Waals surface area (Å²) >= 11 is 3.99. The summed E-state index contributed by atoms with van der Waals surface area (Å²) in [7, 11) is 2.09. The Kier molecular flexibility index (Phi) is 2.01. The van der Waals surface area contributed by atoms with Crippen molar-refractivity contribution in [2.75, 3.05) is 18.6 Å². The molecule has 3 rings (SSSR count). The molecule has 0 radical (unpaired) electrons. The van der Waals surface area contributed by atoms with Crippen molar-refractivity contribution >= 4 is 29.3 Å². The molecule has 0 unspecified atom stereocenters. The molecule has 76 valence electrons. The molecule has 14 heavy (non-hydrogen) atoms. The molecule has 0 aromatic carbocycles. The Bertz CT molecular complexity index is 309. The summed E-state index contributed by atoms with van der Waals surface area (Å²) in [6, 6.07) is 0.630. The second-order valence-corrected chi connectivity index (χ2v) is 7.22. The number of hydrogen-bond acceptors (Lipinski definition) is 4. The Morgan fingerprint density at radius 3 is 2.93 bits per heavy atom. The first-order chi connectivity index (χ1) is 6.73. The second kappa shape index (κ2) is 3.03. The minimum Gasteiger partial charge on any atom is -0.293 e. The van der Waals surface area contributed by atoms with Gasteiger partial charge in [0.25, 0.3) is 0 Å². The van der Waals surface area contributed by atoms with E-state index in [0.29, 0.717) is 11.8 Å². The van der Waals surface area contributed by atoms with E-state index in [0.717, 1.165) is 6.42 Å². The quantitative estimate of drug-likeness (QED) is 0.622. The SMILES string of the molecule is CN1[C@H]2C=CC(=O)[C@@H]1C1(C2)SCCS1. The molecule has 0 aliphatic carbocycles. The van der Waals surface area contributed by atoms with Crippen LogP contribution in [0.3, 0.4) is 0 Å². The van der Waals surface area contributed by atoms with E-state index in [2.05, 4.69) is 18.0 Å². The maximum absolute atomic E-state index is 11.9. The van der Waals surface area contributed by atoms with Crippen LogP contribution in [0.2, 0.25) is 0 Å². The molecule has 2 atom stereocenters. The summed E-state index contributed by atoms with van der Waals surface area (Å²) in [5.41, 5.74) is 0. The third-order valence-corrected chi connectivity index (χ3v) is 6.91. The first-order valence-corrected chi connectivity index (χ1v) is 6.92. The second-order valence-electron chi connectivity index (χ2n) is 4.11. The van der Waals surface area contributed by atoms with E-state index in [9.17, 15) is 4.79 Å². The van der Waals surface area contributed by atoms with Gasteiger partial charge >= 0.3 is 0 Å². The van der Waals surface area contributed by atoms with Gasteiger partial charge < -0.3 is 0 Å². The van der Waals surface area contributed by atoms with Gasteiger partial charge in [-0.1, -0.05) is 6.08 Å². The number of carbonyl (C=O) groups excluding carboxylic acids is 1. The standard InChI is InChI=1S/C10H13NOS2/c1-11-7-2-3-8(12)9(11)10(6-7)13-4-5-14-10/h2-3,7,9H,4-6H2,1H3/t7-,9+/m0/s1. The molecule has 1 spiro atoms. The first kappa shape index (κ1) is 9.31. The van der Waals surface area contributed by atoms with Gasteiger partial charge in [0, 0.05) is 17.5 Å². The Hall–Kier alpha value is 0.0700. The predicted molar refractivity (Wildman–Crippen MR) is 61.8 cm³/mol. The first-order valence-electron chi connectivity index (χ1n) is 4.95. The van der Waals surface area contributed by atoms with Crippen LogP contribution in [0.1, 0.15) is 6.42 Å². The summed E-state index contributed by atoms with van der Waals surface area (Å²) in [6.45, 7) is 0. The fourth-order valence-electron chi connectivity index (χ4n) is 2.71. The number of likely N-dealkylation sites (N-methyl/N-ethyl adjacent to an activating group) is 1. The van der Waals surface area contributed by atoms with Gasteiger partial charge in [-0.05, 0) is 19.5 Å². The highest BCUT2D eigenvalue weighted by molar-refractivity contribution is 8.21. The van der Waals surface area contributed by atoms with Crippen molar-refractivity contribution in [1.29, 1.82) is 0 Å². The zero-order valence-corrected chi connectivity index (χ0v) is 9.74. The molecule has 2 saturated heterocycles. The van der Waals surface area contributed by atoms with Crippen LogP contribution in [-0.2, 0) is 4.79 Å². The van der Waals surface area contributed by atoms with Crippen LogP contribution in [0.4, 0.5) is 0 Å². The van der Waals surface area contributed by atoms with Gasteiger partial charge in [-0.25, -0.2) is 0 Å². The molecule has 3 heterocycles. The monoisotopic (exact) mass is 227 g/mol. The molecule has 0 aromatic rings. The number of hydrogen-bond donors (Lipinski definition) is 0.